The molecular weight excluding hydrogens is 447 g/mol. The van der Waals surface area contributed by atoms with Crippen LogP contribution < -0.4 is 0 Å². The van der Waals surface area contributed by atoms with E-state index in [1.165, 1.54) is 0 Å². The van der Waals surface area contributed by atoms with Gasteiger partial charge in [0.1, 0.15) is 11.5 Å². The third-order valence-corrected chi connectivity index (χ3v) is 5.85. The predicted molar refractivity (Wildman–Crippen MR) is 128 cm³/mol. The molecule has 1 heterocycles. The molecule has 168 valence electrons. The number of carboxylic acid groups (broad SMARTS) is 1. The second kappa shape index (κ2) is 9.88. The molecule has 1 amide bonds. The summed E-state index contributed by atoms with van der Waals surface area (Å²) < 4.78 is 0. The van der Waals surface area contributed by atoms with Crippen LogP contribution in [0.3, 0.4) is 0 Å². The molecule has 2 unspecified atom stereocenters. The standard InChI is InChI=1S/C25H26Cl2N2O3/c1-14(2)9-22(18-7-5-17(6-8-18)10-15(3)25(31)32)29-16(4)28-23(24(29)30)19-11-20(26)13-21(27)12-19/h5-8,11-15,22H,4,9-10H2,1-3H3,(H,31,32). The Hall–Kier alpha value is -2.63. The number of hydrogen-bond donors (Lipinski definition) is 1. The van der Waals surface area contributed by atoms with Crippen molar-refractivity contribution in [3.8, 4) is 0 Å². The number of rotatable bonds is 8. The first-order valence-electron chi connectivity index (χ1n) is 10.5. The Bertz CT molecular complexity index is 1060. The minimum atomic E-state index is -0.823. The molecule has 2 atom stereocenters. The van der Waals surface area contributed by atoms with E-state index in [1.54, 1.807) is 30.0 Å². The van der Waals surface area contributed by atoms with Crippen LogP contribution in [0.5, 0.6) is 0 Å². The van der Waals surface area contributed by atoms with Gasteiger partial charge in [0.2, 0.25) is 0 Å². The van der Waals surface area contributed by atoms with Gasteiger partial charge in [0, 0.05) is 15.6 Å². The molecule has 1 N–H and O–H groups in total. The third kappa shape index (κ3) is 5.40. The Kier molecular flexibility index (Phi) is 7.42. The number of aliphatic carboxylic acids is 1. The largest absolute Gasteiger partial charge is 0.481 e. The van der Waals surface area contributed by atoms with E-state index in [4.69, 9.17) is 28.3 Å². The lowest BCUT2D eigenvalue weighted by atomic mass is 9.93. The van der Waals surface area contributed by atoms with Crippen molar-refractivity contribution in [2.75, 3.05) is 0 Å². The van der Waals surface area contributed by atoms with E-state index in [-0.39, 0.29) is 17.7 Å². The smallest absolute Gasteiger partial charge is 0.306 e. The summed E-state index contributed by atoms with van der Waals surface area (Å²) in [5.41, 5.74) is 2.70. The molecule has 0 saturated carbocycles. The highest BCUT2D eigenvalue weighted by Gasteiger charge is 2.36. The molecule has 0 spiro atoms. The summed E-state index contributed by atoms with van der Waals surface area (Å²) in [6.45, 7) is 9.90. The van der Waals surface area contributed by atoms with E-state index in [0.717, 1.165) is 17.5 Å². The van der Waals surface area contributed by atoms with Crippen molar-refractivity contribution in [3.05, 3.63) is 81.6 Å². The van der Waals surface area contributed by atoms with Gasteiger partial charge in [0.05, 0.1) is 12.0 Å². The molecular formula is C25H26Cl2N2O3. The van der Waals surface area contributed by atoms with Crippen LogP contribution in [0.4, 0.5) is 0 Å². The predicted octanol–water partition coefficient (Wildman–Crippen LogP) is 6.15. The first kappa shape index (κ1) is 24.0. The monoisotopic (exact) mass is 472 g/mol. The minimum absolute atomic E-state index is 0.248. The van der Waals surface area contributed by atoms with Crippen molar-refractivity contribution >= 4 is 40.8 Å². The Balaban J connectivity index is 1.90. The number of aliphatic imine (C=N–C) groups is 1. The highest BCUT2D eigenvalue weighted by molar-refractivity contribution is 6.48. The molecule has 2 aromatic rings. The van der Waals surface area contributed by atoms with E-state index in [9.17, 15) is 9.59 Å². The molecule has 0 aromatic heterocycles. The fraction of sp³-hybridized carbons (Fsp3) is 0.320. The molecule has 2 aromatic carbocycles. The van der Waals surface area contributed by atoms with Gasteiger partial charge < -0.3 is 5.11 Å². The molecule has 1 aliphatic heterocycles. The summed E-state index contributed by atoms with van der Waals surface area (Å²) in [5, 5.41) is 10.0. The van der Waals surface area contributed by atoms with Gasteiger partial charge in [-0.2, -0.15) is 0 Å². The summed E-state index contributed by atoms with van der Waals surface area (Å²) in [6, 6.07) is 12.4. The van der Waals surface area contributed by atoms with Crippen LogP contribution in [0, 0.1) is 11.8 Å². The Morgan fingerprint density at radius 1 is 1.09 bits per heavy atom. The molecule has 0 saturated heterocycles. The van der Waals surface area contributed by atoms with Crippen molar-refractivity contribution in [1.82, 2.24) is 4.90 Å². The highest BCUT2D eigenvalue weighted by atomic mass is 35.5. The number of nitrogens with zero attached hydrogens (tertiary/aromatic N) is 2. The van der Waals surface area contributed by atoms with Gasteiger partial charge in [0.15, 0.2) is 0 Å². The normalized spacial score (nSPS) is 15.8. The van der Waals surface area contributed by atoms with Gasteiger partial charge in [0.25, 0.3) is 5.91 Å². The van der Waals surface area contributed by atoms with Crippen molar-refractivity contribution in [1.29, 1.82) is 0 Å². The number of halogens is 2. The van der Waals surface area contributed by atoms with E-state index >= 15 is 0 Å². The summed E-state index contributed by atoms with van der Waals surface area (Å²) in [5.74, 6) is -0.848. The maximum Gasteiger partial charge on any atom is 0.306 e. The van der Waals surface area contributed by atoms with Crippen LogP contribution in [-0.4, -0.2) is 27.6 Å². The van der Waals surface area contributed by atoms with E-state index < -0.39 is 11.9 Å². The molecule has 1 aliphatic rings. The van der Waals surface area contributed by atoms with Crippen LogP contribution >= 0.6 is 23.2 Å². The average molecular weight is 473 g/mol. The van der Waals surface area contributed by atoms with E-state index in [2.05, 4.69) is 25.4 Å². The first-order valence-corrected chi connectivity index (χ1v) is 11.2. The number of carbonyl (C=O) groups is 2. The number of carboxylic acids is 1. The first-order chi connectivity index (χ1) is 15.1. The SMILES string of the molecule is C=C1N=C(c2cc(Cl)cc(Cl)c2)C(=O)N1C(CC(C)C)c1ccc(CC(C)C(=O)O)cc1. The zero-order valence-corrected chi connectivity index (χ0v) is 19.8. The zero-order valence-electron chi connectivity index (χ0n) is 18.3. The lowest BCUT2D eigenvalue weighted by Gasteiger charge is -2.30. The maximum absolute atomic E-state index is 13.4. The van der Waals surface area contributed by atoms with Gasteiger partial charge in [-0.1, -0.05) is 74.8 Å². The molecule has 0 fully saturated rings. The van der Waals surface area contributed by atoms with Crippen molar-refractivity contribution in [2.45, 2.75) is 39.7 Å². The van der Waals surface area contributed by atoms with Crippen molar-refractivity contribution in [3.63, 3.8) is 0 Å². The lowest BCUT2D eigenvalue weighted by Crippen LogP contribution is -2.34. The number of hydrogen-bond acceptors (Lipinski definition) is 3. The highest BCUT2D eigenvalue weighted by Crippen LogP contribution is 2.35. The molecule has 0 aliphatic carbocycles. The topological polar surface area (TPSA) is 70.0 Å². The fourth-order valence-electron chi connectivity index (χ4n) is 3.82. The summed E-state index contributed by atoms with van der Waals surface area (Å²) in [6.07, 6.45) is 1.16. The van der Waals surface area contributed by atoms with Gasteiger partial charge in [-0.15, -0.1) is 0 Å². The van der Waals surface area contributed by atoms with Crippen molar-refractivity contribution in [2.24, 2.45) is 16.8 Å². The van der Waals surface area contributed by atoms with Gasteiger partial charge in [-0.25, -0.2) is 4.99 Å². The van der Waals surface area contributed by atoms with Gasteiger partial charge >= 0.3 is 5.97 Å². The third-order valence-electron chi connectivity index (χ3n) is 5.41. The van der Waals surface area contributed by atoms with Crippen LogP contribution in [0.2, 0.25) is 10.0 Å². The summed E-state index contributed by atoms with van der Waals surface area (Å²) >= 11 is 12.2. The summed E-state index contributed by atoms with van der Waals surface area (Å²) in [4.78, 5) is 30.6. The molecule has 32 heavy (non-hydrogen) atoms. The van der Waals surface area contributed by atoms with Crippen molar-refractivity contribution < 1.29 is 14.7 Å². The fourth-order valence-corrected chi connectivity index (χ4v) is 4.34. The Morgan fingerprint density at radius 3 is 2.22 bits per heavy atom. The van der Waals surface area contributed by atoms with E-state index in [0.29, 0.717) is 33.8 Å². The Morgan fingerprint density at radius 2 is 1.69 bits per heavy atom. The van der Waals surface area contributed by atoms with Gasteiger partial charge in [-0.3, -0.25) is 14.5 Å². The maximum atomic E-state index is 13.4. The molecule has 0 bridgehead atoms. The summed E-state index contributed by atoms with van der Waals surface area (Å²) in [7, 11) is 0. The second-order valence-corrected chi connectivity index (χ2v) is 9.41. The quantitative estimate of drug-likeness (QED) is 0.500. The van der Waals surface area contributed by atoms with E-state index in [1.807, 2.05) is 24.3 Å². The minimum Gasteiger partial charge on any atom is -0.481 e. The zero-order chi connectivity index (χ0) is 23.6. The molecule has 5 nitrogen and oxygen atoms in total. The van der Waals surface area contributed by atoms with Crippen LogP contribution in [0.1, 0.15) is 49.9 Å². The Labute approximate surface area is 198 Å². The molecule has 3 rings (SSSR count). The van der Waals surface area contributed by atoms with Crippen LogP contribution in [-0.2, 0) is 16.0 Å². The molecule has 0 radical (unpaired) electrons. The van der Waals surface area contributed by atoms with Gasteiger partial charge in [-0.05, 0) is 48.1 Å². The molecule has 7 heteroatoms. The average Bonchev–Trinajstić information content (AvgIpc) is 3.00. The van der Waals surface area contributed by atoms with Crippen LogP contribution in [0.15, 0.2) is 59.9 Å². The number of amides is 1. The number of benzene rings is 2. The lowest BCUT2D eigenvalue weighted by molar-refractivity contribution is -0.141. The number of carbonyl (C=O) groups excluding carboxylic acids is 1. The second-order valence-electron chi connectivity index (χ2n) is 8.54. The van der Waals surface area contributed by atoms with Crippen LogP contribution in [0.25, 0.3) is 0 Å².